The highest BCUT2D eigenvalue weighted by Gasteiger charge is 2.35. The summed E-state index contributed by atoms with van der Waals surface area (Å²) in [5.74, 6) is 1.89. The van der Waals surface area contributed by atoms with Gasteiger partial charge in [0.25, 0.3) is 0 Å². The second-order valence-corrected chi connectivity index (χ2v) is 7.56. The van der Waals surface area contributed by atoms with E-state index in [1.807, 2.05) is 36.4 Å². The number of rotatable bonds is 9. The van der Waals surface area contributed by atoms with Crippen molar-refractivity contribution in [2.24, 2.45) is 0 Å². The number of thioether (sulfide) groups is 1. The molecule has 1 saturated heterocycles. The van der Waals surface area contributed by atoms with Crippen LogP contribution in [-0.2, 0) is 20.9 Å². The van der Waals surface area contributed by atoms with Crippen LogP contribution in [0.4, 0.5) is 0 Å². The van der Waals surface area contributed by atoms with Gasteiger partial charge in [0.1, 0.15) is 22.6 Å². The lowest BCUT2D eigenvalue weighted by atomic mass is 10.1. The predicted molar refractivity (Wildman–Crippen MR) is 114 cm³/mol. The third-order valence-corrected chi connectivity index (χ3v) is 5.87. The standard InChI is InChI=1S/C22H25NO6S/c1-4-28-21(25)13-29-19-8-6-5-7-17(19)22-23(20(24)14-30-22)12-15-11-16(26-2)9-10-18(15)27-3/h5-11,22H,4,12-14H2,1-3H3. The van der Waals surface area contributed by atoms with Crippen LogP contribution in [0, 0.1) is 0 Å². The number of para-hydroxylation sites is 1. The van der Waals surface area contributed by atoms with Crippen LogP contribution in [0.1, 0.15) is 23.4 Å². The van der Waals surface area contributed by atoms with Crippen molar-refractivity contribution in [1.29, 1.82) is 0 Å². The molecule has 1 heterocycles. The average molecular weight is 432 g/mol. The van der Waals surface area contributed by atoms with Crippen LogP contribution in [0.2, 0.25) is 0 Å². The van der Waals surface area contributed by atoms with Crippen LogP contribution in [0.25, 0.3) is 0 Å². The lowest BCUT2D eigenvalue weighted by Crippen LogP contribution is -2.28. The molecule has 2 aromatic carbocycles. The molecular formula is C22H25NO6S. The number of methoxy groups -OCH3 is 2. The van der Waals surface area contributed by atoms with Crippen molar-refractivity contribution in [1.82, 2.24) is 4.90 Å². The van der Waals surface area contributed by atoms with E-state index in [0.717, 1.165) is 11.1 Å². The van der Waals surface area contributed by atoms with Crippen molar-refractivity contribution in [2.45, 2.75) is 18.8 Å². The van der Waals surface area contributed by atoms with Gasteiger partial charge in [-0.25, -0.2) is 4.79 Å². The van der Waals surface area contributed by atoms with Crippen LogP contribution < -0.4 is 14.2 Å². The zero-order valence-electron chi connectivity index (χ0n) is 17.3. The molecule has 0 N–H and O–H groups in total. The van der Waals surface area contributed by atoms with Gasteiger partial charge in [-0.3, -0.25) is 4.79 Å². The monoisotopic (exact) mass is 431 g/mol. The maximum absolute atomic E-state index is 12.7. The van der Waals surface area contributed by atoms with Crippen LogP contribution in [0.5, 0.6) is 17.2 Å². The quantitative estimate of drug-likeness (QED) is 0.563. The van der Waals surface area contributed by atoms with Gasteiger partial charge >= 0.3 is 5.97 Å². The smallest absolute Gasteiger partial charge is 0.344 e. The Hall–Kier alpha value is -2.87. The molecule has 2 aromatic rings. The van der Waals surface area contributed by atoms with E-state index in [1.54, 1.807) is 32.1 Å². The first-order valence-electron chi connectivity index (χ1n) is 9.56. The second kappa shape index (κ2) is 10.2. The number of ether oxygens (including phenoxy) is 4. The summed E-state index contributed by atoms with van der Waals surface area (Å²) in [5.41, 5.74) is 1.68. The fourth-order valence-corrected chi connectivity index (χ4v) is 4.44. The number of benzene rings is 2. The third kappa shape index (κ3) is 4.99. The van der Waals surface area contributed by atoms with E-state index in [9.17, 15) is 9.59 Å². The highest BCUT2D eigenvalue weighted by molar-refractivity contribution is 8.00. The summed E-state index contributed by atoms with van der Waals surface area (Å²) in [6.07, 6.45) is 0. The molecule has 8 heteroatoms. The molecule has 1 fully saturated rings. The Morgan fingerprint density at radius 3 is 2.67 bits per heavy atom. The zero-order chi connectivity index (χ0) is 21.5. The molecule has 160 valence electrons. The predicted octanol–water partition coefficient (Wildman–Crippen LogP) is 3.42. The molecular weight excluding hydrogens is 406 g/mol. The summed E-state index contributed by atoms with van der Waals surface area (Å²) in [6.45, 7) is 2.23. The first kappa shape index (κ1) is 21.8. The number of hydrogen-bond acceptors (Lipinski definition) is 7. The molecule has 1 amide bonds. The minimum Gasteiger partial charge on any atom is -0.497 e. The van der Waals surface area contributed by atoms with Crippen molar-refractivity contribution in [3.63, 3.8) is 0 Å². The summed E-state index contributed by atoms with van der Waals surface area (Å²) in [6, 6.07) is 12.9. The van der Waals surface area contributed by atoms with Crippen molar-refractivity contribution in [2.75, 3.05) is 33.2 Å². The largest absolute Gasteiger partial charge is 0.497 e. The lowest BCUT2D eigenvalue weighted by Gasteiger charge is -2.26. The molecule has 0 saturated carbocycles. The van der Waals surface area contributed by atoms with Gasteiger partial charge in [0.05, 0.1) is 33.1 Å². The van der Waals surface area contributed by atoms with Gasteiger partial charge in [0.2, 0.25) is 5.91 Å². The SMILES string of the molecule is CCOC(=O)COc1ccccc1C1SCC(=O)N1Cc1cc(OC)ccc1OC. The third-order valence-electron chi connectivity index (χ3n) is 4.63. The van der Waals surface area contributed by atoms with Crippen molar-refractivity contribution in [3.8, 4) is 17.2 Å². The molecule has 0 aromatic heterocycles. The zero-order valence-corrected chi connectivity index (χ0v) is 18.1. The summed E-state index contributed by atoms with van der Waals surface area (Å²) in [7, 11) is 3.20. The number of amides is 1. The maximum Gasteiger partial charge on any atom is 0.344 e. The minimum atomic E-state index is -0.430. The Balaban J connectivity index is 1.85. The number of hydrogen-bond donors (Lipinski definition) is 0. The Morgan fingerprint density at radius 1 is 1.13 bits per heavy atom. The molecule has 0 aliphatic carbocycles. The average Bonchev–Trinajstić information content (AvgIpc) is 3.12. The Kier molecular flexibility index (Phi) is 7.46. The van der Waals surface area contributed by atoms with Crippen LogP contribution >= 0.6 is 11.8 Å². The Bertz CT molecular complexity index is 903. The van der Waals surface area contributed by atoms with Gasteiger partial charge in [-0.2, -0.15) is 0 Å². The number of nitrogens with zero attached hydrogens (tertiary/aromatic N) is 1. The number of carbonyl (C=O) groups excluding carboxylic acids is 2. The van der Waals surface area contributed by atoms with Gasteiger partial charge in [-0.05, 0) is 31.2 Å². The summed E-state index contributed by atoms with van der Waals surface area (Å²) in [5, 5.41) is -0.244. The molecule has 7 nitrogen and oxygen atoms in total. The van der Waals surface area contributed by atoms with Crippen molar-refractivity contribution >= 4 is 23.6 Å². The van der Waals surface area contributed by atoms with Crippen LogP contribution in [0.3, 0.4) is 0 Å². The molecule has 1 aliphatic rings. The Morgan fingerprint density at radius 2 is 1.93 bits per heavy atom. The summed E-state index contributed by atoms with van der Waals surface area (Å²) >= 11 is 1.52. The highest BCUT2D eigenvalue weighted by Crippen LogP contribution is 2.44. The first-order valence-corrected chi connectivity index (χ1v) is 10.6. The van der Waals surface area contributed by atoms with E-state index in [1.165, 1.54) is 11.8 Å². The van der Waals surface area contributed by atoms with E-state index in [0.29, 0.717) is 36.2 Å². The van der Waals surface area contributed by atoms with Crippen LogP contribution in [-0.4, -0.2) is 50.0 Å². The minimum absolute atomic E-state index is 0.0232. The molecule has 30 heavy (non-hydrogen) atoms. The van der Waals surface area contributed by atoms with E-state index in [4.69, 9.17) is 18.9 Å². The van der Waals surface area contributed by atoms with Gasteiger partial charge in [0, 0.05) is 11.1 Å². The van der Waals surface area contributed by atoms with Crippen molar-refractivity contribution < 1.29 is 28.5 Å². The highest BCUT2D eigenvalue weighted by atomic mass is 32.2. The normalized spacial score (nSPS) is 15.8. The fraction of sp³-hybridized carbons (Fsp3) is 0.364. The van der Waals surface area contributed by atoms with E-state index in [2.05, 4.69) is 0 Å². The number of esters is 1. The van der Waals surface area contributed by atoms with Gasteiger partial charge < -0.3 is 23.8 Å². The second-order valence-electron chi connectivity index (χ2n) is 6.49. The lowest BCUT2D eigenvalue weighted by molar-refractivity contribution is -0.145. The van der Waals surface area contributed by atoms with Gasteiger partial charge in [-0.15, -0.1) is 11.8 Å². The van der Waals surface area contributed by atoms with Crippen LogP contribution in [0.15, 0.2) is 42.5 Å². The maximum atomic E-state index is 12.7. The Labute approximate surface area is 180 Å². The molecule has 0 radical (unpaired) electrons. The van der Waals surface area contributed by atoms with E-state index in [-0.39, 0.29) is 17.9 Å². The molecule has 0 bridgehead atoms. The van der Waals surface area contributed by atoms with E-state index >= 15 is 0 Å². The number of carbonyl (C=O) groups is 2. The first-order chi connectivity index (χ1) is 14.6. The molecule has 1 unspecified atom stereocenters. The fourth-order valence-electron chi connectivity index (χ4n) is 3.23. The molecule has 0 spiro atoms. The van der Waals surface area contributed by atoms with Gasteiger partial charge in [0.15, 0.2) is 6.61 Å². The molecule has 1 aliphatic heterocycles. The topological polar surface area (TPSA) is 74.3 Å². The molecule has 3 rings (SSSR count). The summed E-state index contributed by atoms with van der Waals surface area (Å²) in [4.78, 5) is 26.2. The van der Waals surface area contributed by atoms with Gasteiger partial charge in [-0.1, -0.05) is 18.2 Å². The van der Waals surface area contributed by atoms with E-state index < -0.39 is 5.97 Å². The van der Waals surface area contributed by atoms with Crippen molar-refractivity contribution in [3.05, 3.63) is 53.6 Å². The summed E-state index contributed by atoms with van der Waals surface area (Å²) < 4.78 is 21.4. The molecule has 1 atom stereocenters.